The fourth-order valence-electron chi connectivity index (χ4n) is 1.27. The van der Waals surface area contributed by atoms with Crippen LogP contribution in [0.15, 0.2) is 23.0 Å². The number of carbonyl (C=O) groups excluding carboxylic acids is 1. The van der Waals surface area contributed by atoms with Crippen LogP contribution in [0.2, 0.25) is 0 Å². The van der Waals surface area contributed by atoms with Crippen LogP contribution in [0.4, 0.5) is 4.79 Å². The topological polar surface area (TPSA) is 116 Å². The number of H-pyrrole nitrogens is 1. The third-order valence-electron chi connectivity index (χ3n) is 2.17. The largest absolute Gasteiger partial charge is 0.340 e. The zero-order valence-corrected chi connectivity index (χ0v) is 10.8. The van der Waals surface area contributed by atoms with E-state index in [0.717, 1.165) is 5.52 Å². The number of imidazole rings is 1. The molecule has 0 atom stereocenters. The molecule has 0 aromatic carbocycles. The zero-order valence-electron chi connectivity index (χ0n) is 10.0. The van der Waals surface area contributed by atoms with Gasteiger partial charge in [-0.15, -0.1) is 4.91 Å². The lowest BCUT2D eigenvalue weighted by Gasteiger charge is -2.07. The summed E-state index contributed by atoms with van der Waals surface area (Å²) in [6, 6.07) is -0.536. The number of nitrogens with one attached hydrogen (secondary N) is 2. The Balaban J connectivity index is 1.79. The number of rotatable bonds is 5. The van der Waals surface area contributed by atoms with Crippen LogP contribution >= 0.6 is 11.8 Å². The first-order chi connectivity index (χ1) is 9.20. The number of carbonyl (C=O) groups is 1. The van der Waals surface area contributed by atoms with Crippen molar-refractivity contribution in [2.75, 3.05) is 19.3 Å². The molecule has 0 unspecified atom stereocenters. The molecule has 2 amide bonds. The summed E-state index contributed by atoms with van der Waals surface area (Å²) in [6.45, 7) is 0.395. The number of nitroso groups, excluding NO2 is 1. The number of urea groups is 1. The molecule has 0 aliphatic heterocycles. The molecule has 0 fully saturated rings. The summed E-state index contributed by atoms with van der Waals surface area (Å²) in [5.41, 5.74) is 1.37. The van der Waals surface area contributed by atoms with Crippen LogP contribution in [-0.4, -0.2) is 50.3 Å². The molecule has 2 aromatic rings. The molecular weight excluding hydrogens is 270 g/mol. The van der Waals surface area contributed by atoms with Crippen LogP contribution in [0.3, 0.4) is 0 Å². The second kappa shape index (κ2) is 6.09. The summed E-state index contributed by atoms with van der Waals surface area (Å²) in [4.78, 5) is 36.5. The number of hydrogen-bond acceptors (Lipinski definition) is 7. The van der Waals surface area contributed by atoms with Crippen molar-refractivity contribution in [1.29, 1.82) is 0 Å². The molecule has 2 N–H and O–H groups in total. The van der Waals surface area contributed by atoms with Gasteiger partial charge < -0.3 is 10.3 Å². The minimum atomic E-state index is -0.536. The monoisotopic (exact) mass is 281 g/mol. The highest BCUT2D eigenvalue weighted by molar-refractivity contribution is 7.99. The average molecular weight is 281 g/mol. The molecule has 2 rings (SSSR count). The number of aromatic amines is 1. The van der Waals surface area contributed by atoms with E-state index in [9.17, 15) is 9.70 Å². The predicted octanol–water partition coefficient (Wildman–Crippen LogP) is 0.768. The average Bonchev–Trinajstić information content (AvgIpc) is 2.85. The molecule has 2 heterocycles. The normalized spacial score (nSPS) is 10.4. The first-order valence-electron chi connectivity index (χ1n) is 5.34. The van der Waals surface area contributed by atoms with Crippen LogP contribution in [0, 0.1) is 4.91 Å². The molecule has 19 heavy (non-hydrogen) atoms. The van der Waals surface area contributed by atoms with Crippen LogP contribution in [0.1, 0.15) is 0 Å². The summed E-state index contributed by atoms with van der Waals surface area (Å²) >= 11 is 1.43. The fourth-order valence-corrected chi connectivity index (χ4v) is 2.00. The van der Waals surface area contributed by atoms with Gasteiger partial charge in [0.15, 0.2) is 10.8 Å². The van der Waals surface area contributed by atoms with Crippen molar-refractivity contribution in [2.45, 2.75) is 5.16 Å². The Morgan fingerprint density at radius 3 is 3.21 bits per heavy atom. The van der Waals surface area contributed by atoms with E-state index >= 15 is 0 Å². The van der Waals surface area contributed by atoms with Gasteiger partial charge in [0.05, 0.1) is 11.5 Å². The lowest BCUT2D eigenvalue weighted by molar-refractivity contribution is 0.211. The Labute approximate surface area is 112 Å². The van der Waals surface area contributed by atoms with Gasteiger partial charge in [-0.2, -0.15) is 5.01 Å². The SMILES string of the molecule is CN(N=O)C(=O)NCCSc1nc2ncncc2[nH]1. The summed E-state index contributed by atoms with van der Waals surface area (Å²) in [5.74, 6) is 0.603. The summed E-state index contributed by atoms with van der Waals surface area (Å²) < 4.78 is 0. The van der Waals surface area contributed by atoms with Crippen LogP contribution in [0.25, 0.3) is 11.2 Å². The molecule has 2 aromatic heterocycles. The van der Waals surface area contributed by atoms with Crippen molar-refractivity contribution in [3.05, 3.63) is 17.4 Å². The van der Waals surface area contributed by atoms with Crippen molar-refractivity contribution >= 4 is 29.0 Å². The molecule has 0 saturated carbocycles. The smallest absolute Gasteiger partial charge is 0.336 e. The summed E-state index contributed by atoms with van der Waals surface area (Å²) in [6.07, 6.45) is 3.08. The van der Waals surface area contributed by atoms with Gasteiger partial charge in [-0.1, -0.05) is 11.8 Å². The summed E-state index contributed by atoms with van der Waals surface area (Å²) in [7, 11) is 1.29. The first-order valence-corrected chi connectivity index (χ1v) is 6.32. The standard InChI is InChI=1S/C9H11N7O2S/c1-16(15-18)9(17)11-2-3-19-8-13-6-4-10-5-12-7(6)14-8/h4-5H,2-3H2,1H3,(H,11,17)(H,10,12,13,14). The second-order valence-electron chi connectivity index (χ2n) is 3.49. The van der Waals surface area contributed by atoms with Crippen LogP contribution in [0.5, 0.6) is 0 Å². The van der Waals surface area contributed by atoms with Crippen LogP contribution < -0.4 is 5.32 Å². The van der Waals surface area contributed by atoms with Crippen molar-refractivity contribution < 1.29 is 4.79 Å². The number of aromatic nitrogens is 4. The Hall–Kier alpha value is -2.23. The maximum Gasteiger partial charge on any atom is 0.340 e. The van der Waals surface area contributed by atoms with E-state index in [1.807, 2.05) is 0 Å². The zero-order chi connectivity index (χ0) is 13.7. The predicted molar refractivity (Wildman–Crippen MR) is 69.4 cm³/mol. The molecular formula is C9H11N7O2S. The Morgan fingerprint density at radius 2 is 2.47 bits per heavy atom. The molecule has 0 saturated heterocycles. The molecule has 0 bridgehead atoms. The van der Waals surface area contributed by atoms with Gasteiger partial charge in [-0.05, 0) is 0 Å². The van der Waals surface area contributed by atoms with Crippen molar-refractivity contribution in [1.82, 2.24) is 30.3 Å². The maximum absolute atomic E-state index is 11.2. The van der Waals surface area contributed by atoms with E-state index in [1.165, 1.54) is 25.1 Å². The Morgan fingerprint density at radius 1 is 1.63 bits per heavy atom. The van der Waals surface area contributed by atoms with Gasteiger partial charge in [-0.3, -0.25) is 0 Å². The van der Waals surface area contributed by atoms with Crippen molar-refractivity contribution in [3.8, 4) is 0 Å². The minimum absolute atomic E-state index is 0.395. The highest BCUT2D eigenvalue weighted by Gasteiger charge is 2.07. The van der Waals surface area contributed by atoms with E-state index < -0.39 is 6.03 Å². The minimum Gasteiger partial charge on any atom is -0.336 e. The van der Waals surface area contributed by atoms with Gasteiger partial charge >= 0.3 is 6.03 Å². The van der Waals surface area contributed by atoms with Crippen LogP contribution in [-0.2, 0) is 0 Å². The highest BCUT2D eigenvalue weighted by atomic mass is 32.2. The third-order valence-corrected chi connectivity index (χ3v) is 3.05. The number of hydrogen-bond donors (Lipinski definition) is 2. The Kier molecular flexibility index (Phi) is 4.23. The lowest BCUT2D eigenvalue weighted by atomic mass is 10.6. The third kappa shape index (κ3) is 3.37. The maximum atomic E-state index is 11.2. The van der Waals surface area contributed by atoms with Crippen molar-refractivity contribution in [3.63, 3.8) is 0 Å². The molecule has 100 valence electrons. The molecule has 0 spiro atoms. The van der Waals surface area contributed by atoms with Gasteiger partial charge in [0.1, 0.15) is 11.8 Å². The molecule has 0 radical (unpaired) electrons. The number of amides is 2. The van der Waals surface area contributed by atoms with E-state index in [4.69, 9.17) is 0 Å². The number of fused-ring (bicyclic) bond motifs is 1. The van der Waals surface area contributed by atoms with Crippen molar-refractivity contribution in [2.24, 2.45) is 5.29 Å². The van der Waals surface area contributed by atoms with Gasteiger partial charge in [0, 0.05) is 19.3 Å². The summed E-state index contributed by atoms with van der Waals surface area (Å²) in [5, 5.41) is 6.42. The van der Waals surface area contributed by atoms with E-state index in [2.05, 4.69) is 30.5 Å². The number of thioether (sulfide) groups is 1. The molecule has 0 aliphatic carbocycles. The molecule has 10 heteroatoms. The molecule has 9 nitrogen and oxygen atoms in total. The van der Waals surface area contributed by atoms with E-state index in [0.29, 0.717) is 28.1 Å². The van der Waals surface area contributed by atoms with E-state index in [1.54, 1.807) is 6.20 Å². The second-order valence-corrected chi connectivity index (χ2v) is 4.57. The van der Waals surface area contributed by atoms with Gasteiger partial charge in [-0.25, -0.2) is 19.7 Å². The lowest BCUT2D eigenvalue weighted by Crippen LogP contribution is -2.34. The fraction of sp³-hybridized carbons (Fsp3) is 0.333. The van der Waals surface area contributed by atoms with E-state index in [-0.39, 0.29) is 0 Å². The highest BCUT2D eigenvalue weighted by Crippen LogP contribution is 2.16. The molecule has 0 aliphatic rings. The first kappa shape index (κ1) is 13.2. The van der Waals surface area contributed by atoms with Gasteiger partial charge in [0.25, 0.3) is 0 Å². The quantitative estimate of drug-likeness (QED) is 0.362. The Bertz CT molecular complexity index is 554. The van der Waals surface area contributed by atoms with Gasteiger partial charge in [0.2, 0.25) is 0 Å². The number of nitrogens with zero attached hydrogens (tertiary/aromatic N) is 5.